The molecule has 0 N–H and O–H groups in total. The predicted octanol–water partition coefficient (Wildman–Crippen LogP) is 1.96. The van der Waals surface area contributed by atoms with Crippen LogP contribution < -0.4 is 0 Å². The normalized spacial score (nSPS) is 15.8. The van der Waals surface area contributed by atoms with Crippen molar-refractivity contribution in [3.63, 3.8) is 0 Å². The summed E-state index contributed by atoms with van der Waals surface area (Å²) < 4.78 is 0. The highest BCUT2D eigenvalue weighted by atomic mass is 35.5. The number of amides is 2. The van der Waals surface area contributed by atoms with Crippen LogP contribution in [0.25, 0.3) is 0 Å². The maximum absolute atomic E-state index is 12.4. The molecule has 1 aliphatic rings. The molecule has 1 aliphatic heterocycles. The number of nitrogens with zero attached hydrogens (tertiary/aromatic N) is 3. The molecule has 126 valence electrons. The maximum Gasteiger partial charge on any atom is 0.253 e. The topological polar surface area (TPSA) is 43.9 Å². The standard InChI is InChI=1S/C17H24ClN3O2/c1-13(2)19(3)16(22)12-20-8-10-21(11-9-20)17(23)14-4-6-15(18)7-5-14/h4-7,13H,8-12H2,1-3H3. The zero-order valence-electron chi connectivity index (χ0n) is 14.0. The quantitative estimate of drug-likeness (QED) is 0.843. The zero-order chi connectivity index (χ0) is 17.0. The van der Waals surface area contributed by atoms with Crippen LogP contribution in [0.1, 0.15) is 24.2 Å². The Morgan fingerprint density at radius 2 is 1.70 bits per heavy atom. The summed E-state index contributed by atoms with van der Waals surface area (Å²) in [7, 11) is 1.83. The van der Waals surface area contributed by atoms with Crippen molar-refractivity contribution in [3.05, 3.63) is 34.9 Å². The van der Waals surface area contributed by atoms with Crippen molar-refractivity contribution < 1.29 is 9.59 Å². The molecule has 5 nitrogen and oxygen atoms in total. The van der Waals surface area contributed by atoms with Crippen molar-refractivity contribution in [2.24, 2.45) is 0 Å². The maximum atomic E-state index is 12.4. The minimum atomic E-state index is 0.0203. The first-order chi connectivity index (χ1) is 10.9. The van der Waals surface area contributed by atoms with Crippen molar-refractivity contribution in [3.8, 4) is 0 Å². The van der Waals surface area contributed by atoms with Gasteiger partial charge in [-0.3, -0.25) is 14.5 Å². The van der Waals surface area contributed by atoms with E-state index >= 15 is 0 Å². The van der Waals surface area contributed by atoms with Crippen LogP contribution in [0.5, 0.6) is 0 Å². The number of carbonyl (C=O) groups is 2. The molecular formula is C17H24ClN3O2. The molecule has 0 aliphatic carbocycles. The Morgan fingerprint density at radius 3 is 2.22 bits per heavy atom. The van der Waals surface area contributed by atoms with Gasteiger partial charge in [0.1, 0.15) is 0 Å². The van der Waals surface area contributed by atoms with Gasteiger partial charge in [-0.15, -0.1) is 0 Å². The largest absolute Gasteiger partial charge is 0.342 e. The van der Waals surface area contributed by atoms with Gasteiger partial charge in [0.2, 0.25) is 5.91 Å². The van der Waals surface area contributed by atoms with Gasteiger partial charge < -0.3 is 9.80 Å². The summed E-state index contributed by atoms with van der Waals surface area (Å²) in [5.41, 5.74) is 0.651. The molecule has 23 heavy (non-hydrogen) atoms. The molecule has 2 rings (SSSR count). The number of rotatable bonds is 4. The molecule has 1 fully saturated rings. The predicted molar refractivity (Wildman–Crippen MR) is 91.7 cm³/mol. The fourth-order valence-corrected chi connectivity index (χ4v) is 2.60. The van der Waals surface area contributed by atoms with Crippen LogP contribution in [0.4, 0.5) is 0 Å². The average Bonchev–Trinajstić information content (AvgIpc) is 2.54. The molecule has 1 aromatic rings. The van der Waals surface area contributed by atoms with Crippen molar-refractivity contribution >= 4 is 23.4 Å². The Bertz CT molecular complexity index is 551. The van der Waals surface area contributed by atoms with E-state index in [-0.39, 0.29) is 17.9 Å². The van der Waals surface area contributed by atoms with Crippen LogP contribution in [0.3, 0.4) is 0 Å². The Hall–Kier alpha value is -1.59. The molecule has 0 bridgehead atoms. The van der Waals surface area contributed by atoms with E-state index in [2.05, 4.69) is 4.90 Å². The first-order valence-electron chi connectivity index (χ1n) is 7.91. The number of halogens is 1. The molecule has 1 aromatic carbocycles. The van der Waals surface area contributed by atoms with Crippen molar-refractivity contribution in [2.75, 3.05) is 39.8 Å². The van der Waals surface area contributed by atoms with Crippen molar-refractivity contribution in [2.45, 2.75) is 19.9 Å². The lowest BCUT2D eigenvalue weighted by Gasteiger charge is -2.35. The molecule has 1 saturated heterocycles. The van der Waals surface area contributed by atoms with Gasteiger partial charge in [-0.1, -0.05) is 11.6 Å². The second-order valence-electron chi connectivity index (χ2n) is 6.17. The fraction of sp³-hybridized carbons (Fsp3) is 0.529. The number of hydrogen-bond acceptors (Lipinski definition) is 3. The Labute approximate surface area is 142 Å². The first-order valence-corrected chi connectivity index (χ1v) is 8.29. The fourth-order valence-electron chi connectivity index (χ4n) is 2.47. The Balaban J connectivity index is 1.85. The highest BCUT2D eigenvalue weighted by Gasteiger charge is 2.24. The Morgan fingerprint density at radius 1 is 1.13 bits per heavy atom. The lowest BCUT2D eigenvalue weighted by atomic mass is 10.2. The summed E-state index contributed by atoms with van der Waals surface area (Å²) in [6.45, 7) is 7.13. The van der Waals surface area contributed by atoms with E-state index in [9.17, 15) is 9.59 Å². The molecule has 6 heteroatoms. The number of likely N-dealkylation sites (N-methyl/N-ethyl adjacent to an activating group) is 1. The molecule has 0 aromatic heterocycles. The van der Waals surface area contributed by atoms with Gasteiger partial charge in [0, 0.05) is 49.9 Å². The third kappa shape index (κ3) is 4.69. The van der Waals surface area contributed by atoms with Gasteiger partial charge in [-0.2, -0.15) is 0 Å². The van der Waals surface area contributed by atoms with E-state index in [1.807, 2.05) is 25.8 Å². The molecule has 0 atom stereocenters. The lowest BCUT2D eigenvalue weighted by molar-refractivity contribution is -0.132. The van der Waals surface area contributed by atoms with Gasteiger partial charge in [0.15, 0.2) is 0 Å². The number of hydrogen-bond donors (Lipinski definition) is 0. The van der Waals surface area contributed by atoms with Crippen LogP contribution in [-0.4, -0.2) is 72.3 Å². The van der Waals surface area contributed by atoms with Gasteiger partial charge in [-0.25, -0.2) is 0 Å². The minimum Gasteiger partial charge on any atom is -0.342 e. The van der Waals surface area contributed by atoms with E-state index in [1.54, 1.807) is 29.2 Å². The van der Waals surface area contributed by atoms with E-state index in [0.29, 0.717) is 30.2 Å². The molecule has 0 unspecified atom stereocenters. The number of carbonyl (C=O) groups excluding carboxylic acids is 2. The third-order valence-corrected chi connectivity index (χ3v) is 4.53. The number of piperazine rings is 1. The molecule has 1 heterocycles. The molecule has 0 saturated carbocycles. The lowest BCUT2D eigenvalue weighted by Crippen LogP contribution is -2.51. The van der Waals surface area contributed by atoms with Gasteiger partial charge in [0.25, 0.3) is 5.91 Å². The smallest absolute Gasteiger partial charge is 0.253 e. The van der Waals surface area contributed by atoms with Crippen molar-refractivity contribution in [1.82, 2.24) is 14.7 Å². The van der Waals surface area contributed by atoms with E-state index < -0.39 is 0 Å². The van der Waals surface area contributed by atoms with Gasteiger partial charge >= 0.3 is 0 Å². The Kier molecular flexibility index (Phi) is 6.02. The summed E-state index contributed by atoms with van der Waals surface area (Å²) in [4.78, 5) is 30.2. The third-order valence-electron chi connectivity index (χ3n) is 4.28. The molecule has 2 amide bonds. The SMILES string of the molecule is CC(C)N(C)C(=O)CN1CCN(C(=O)c2ccc(Cl)cc2)CC1. The highest BCUT2D eigenvalue weighted by molar-refractivity contribution is 6.30. The zero-order valence-corrected chi connectivity index (χ0v) is 14.7. The van der Waals surface area contributed by atoms with Crippen LogP contribution in [-0.2, 0) is 4.79 Å². The van der Waals surface area contributed by atoms with Crippen molar-refractivity contribution in [1.29, 1.82) is 0 Å². The highest BCUT2D eigenvalue weighted by Crippen LogP contribution is 2.13. The van der Waals surface area contributed by atoms with Crippen LogP contribution in [0.15, 0.2) is 24.3 Å². The van der Waals surface area contributed by atoms with Crippen LogP contribution >= 0.6 is 11.6 Å². The summed E-state index contributed by atoms with van der Waals surface area (Å²) in [5, 5.41) is 0.624. The summed E-state index contributed by atoms with van der Waals surface area (Å²) >= 11 is 5.85. The van der Waals surface area contributed by atoms with Crippen LogP contribution in [0, 0.1) is 0 Å². The molecule has 0 spiro atoms. The summed E-state index contributed by atoms with van der Waals surface area (Å²) in [6, 6.07) is 7.16. The van der Waals surface area contributed by atoms with Gasteiger partial charge in [0.05, 0.1) is 6.54 Å². The second-order valence-corrected chi connectivity index (χ2v) is 6.61. The van der Waals surface area contributed by atoms with E-state index in [4.69, 9.17) is 11.6 Å². The molecule has 0 radical (unpaired) electrons. The second kappa shape index (κ2) is 7.79. The van der Waals surface area contributed by atoms with Gasteiger partial charge in [-0.05, 0) is 38.1 Å². The number of benzene rings is 1. The van der Waals surface area contributed by atoms with E-state index in [0.717, 1.165) is 13.1 Å². The summed E-state index contributed by atoms with van der Waals surface area (Å²) in [6.07, 6.45) is 0. The van der Waals surface area contributed by atoms with E-state index in [1.165, 1.54) is 0 Å². The first kappa shape index (κ1) is 17.8. The minimum absolute atomic E-state index is 0.0203. The molecular weight excluding hydrogens is 314 g/mol. The monoisotopic (exact) mass is 337 g/mol. The average molecular weight is 338 g/mol. The summed E-state index contributed by atoms with van der Waals surface area (Å²) in [5.74, 6) is 0.143. The van der Waals surface area contributed by atoms with Crippen LogP contribution in [0.2, 0.25) is 5.02 Å².